The van der Waals surface area contributed by atoms with Gasteiger partial charge in [-0.1, -0.05) is 25.1 Å². The van der Waals surface area contributed by atoms with Gasteiger partial charge < -0.3 is 26.8 Å². The van der Waals surface area contributed by atoms with Crippen LogP contribution in [0.2, 0.25) is 0 Å². The molecule has 0 fully saturated rings. The zero-order valence-corrected chi connectivity index (χ0v) is 27.4. The molecule has 1 N–H and O–H groups in total. The summed E-state index contributed by atoms with van der Waals surface area (Å²) in [6.45, 7) is 7.15. The average molecular weight is 695 g/mol. The van der Waals surface area contributed by atoms with Crippen molar-refractivity contribution in [3.63, 3.8) is 0 Å². The Balaban J connectivity index is 0.00000461. The monoisotopic (exact) mass is 693 g/mol. The fourth-order valence-electron chi connectivity index (χ4n) is 5.26. The van der Waals surface area contributed by atoms with Gasteiger partial charge in [0.1, 0.15) is 29.5 Å². The molecule has 12 heteroatoms. The summed E-state index contributed by atoms with van der Waals surface area (Å²) in [6.07, 6.45) is 3.30. The van der Waals surface area contributed by atoms with E-state index in [-0.39, 0.29) is 35.1 Å². The van der Waals surface area contributed by atoms with E-state index in [0.717, 1.165) is 34.4 Å². The van der Waals surface area contributed by atoms with Crippen LogP contribution in [0.1, 0.15) is 52.6 Å². The van der Waals surface area contributed by atoms with Gasteiger partial charge in [-0.15, -0.1) is 16.0 Å². The van der Waals surface area contributed by atoms with E-state index in [2.05, 4.69) is 11.2 Å². The first-order chi connectivity index (χ1) is 21.0. The predicted octanol–water partition coefficient (Wildman–Crippen LogP) is 2.73. The SMILES string of the molecule is CC(=O)Oc1c(C)cc(C[n+]2cnn(C[C@](O)(c3ccc(F)cc3F)[C@@H](C)c3nc(-c4ccc(C#N)cc4)cs3)c2)cc1C.[Br-]. The Hall–Kier alpha value is -4.31. The molecule has 3 aromatic carbocycles. The average Bonchev–Trinajstić information content (AvgIpc) is 3.64. The number of aryl methyl sites for hydroxylation is 2. The lowest BCUT2D eigenvalue weighted by molar-refractivity contribution is -0.689. The molecule has 0 aliphatic rings. The maximum Gasteiger partial charge on any atom is 0.308 e. The molecule has 0 bridgehead atoms. The maximum absolute atomic E-state index is 15.2. The highest BCUT2D eigenvalue weighted by Gasteiger charge is 2.43. The molecule has 0 aliphatic heterocycles. The summed E-state index contributed by atoms with van der Waals surface area (Å²) in [7, 11) is 0. The van der Waals surface area contributed by atoms with E-state index in [1.165, 1.54) is 29.0 Å². The predicted molar refractivity (Wildman–Crippen MR) is 160 cm³/mol. The van der Waals surface area contributed by atoms with E-state index in [4.69, 9.17) is 15.0 Å². The van der Waals surface area contributed by atoms with Gasteiger partial charge in [-0.3, -0.25) is 4.79 Å². The molecular weight excluding hydrogens is 664 g/mol. The topological polar surface area (TPSA) is 105 Å². The third-order valence-electron chi connectivity index (χ3n) is 7.48. The van der Waals surface area contributed by atoms with Crippen LogP contribution in [-0.2, 0) is 23.5 Å². The number of carbonyl (C=O) groups excluding carboxylic acids is 1. The highest BCUT2D eigenvalue weighted by Crippen LogP contribution is 2.41. The molecule has 2 heterocycles. The number of ether oxygens (including phenoxy) is 1. The highest BCUT2D eigenvalue weighted by atomic mass is 79.9. The van der Waals surface area contributed by atoms with E-state index >= 15 is 4.39 Å². The van der Waals surface area contributed by atoms with E-state index in [0.29, 0.717) is 28.6 Å². The number of halogens is 3. The van der Waals surface area contributed by atoms with Crippen molar-refractivity contribution >= 4 is 17.3 Å². The van der Waals surface area contributed by atoms with Crippen molar-refractivity contribution in [1.82, 2.24) is 14.8 Å². The highest BCUT2D eigenvalue weighted by molar-refractivity contribution is 7.10. The summed E-state index contributed by atoms with van der Waals surface area (Å²) < 4.78 is 37.8. The third-order valence-corrected chi connectivity index (χ3v) is 8.51. The third kappa shape index (κ3) is 7.33. The molecule has 2 aromatic heterocycles. The van der Waals surface area contributed by atoms with Crippen LogP contribution in [-0.4, -0.2) is 25.8 Å². The van der Waals surface area contributed by atoms with Gasteiger partial charge >= 0.3 is 5.97 Å². The zero-order valence-electron chi connectivity index (χ0n) is 25.0. The molecule has 5 rings (SSSR count). The minimum atomic E-state index is -1.85. The van der Waals surface area contributed by atoms with Crippen molar-refractivity contribution in [2.24, 2.45) is 0 Å². The lowest BCUT2D eigenvalue weighted by atomic mass is 9.82. The minimum Gasteiger partial charge on any atom is -1.00 e. The number of hydrogen-bond acceptors (Lipinski definition) is 7. The maximum atomic E-state index is 15.2. The van der Waals surface area contributed by atoms with Gasteiger partial charge in [-0.25, -0.2) is 18.3 Å². The number of hydrogen-bond donors (Lipinski definition) is 1. The Morgan fingerprint density at radius 1 is 1.16 bits per heavy atom. The number of aromatic nitrogens is 4. The van der Waals surface area contributed by atoms with Crippen molar-refractivity contribution in [2.75, 3.05) is 0 Å². The largest absolute Gasteiger partial charge is 1.00 e. The van der Waals surface area contributed by atoms with E-state index in [9.17, 15) is 14.3 Å². The molecule has 2 atom stereocenters. The second-order valence-electron chi connectivity index (χ2n) is 10.8. The summed E-state index contributed by atoms with van der Waals surface area (Å²) in [5.41, 5.74) is 2.66. The van der Waals surface area contributed by atoms with Crippen molar-refractivity contribution in [3.05, 3.63) is 117 Å². The smallest absolute Gasteiger partial charge is 0.308 e. The molecule has 0 aliphatic carbocycles. The van der Waals surface area contributed by atoms with Crippen LogP contribution in [0.5, 0.6) is 5.75 Å². The van der Waals surface area contributed by atoms with Gasteiger partial charge in [0.15, 0.2) is 0 Å². The Morgan fingerprint density at radius 3 is 2.47 bits per heavy atom. The van der Waals surface area contributed by atoms with Crippen molar-refractivity contribution in [1.29, 1.82) is 5.26 Å². The molecule has 0 saturated carbocycles. The molecule has 232 valence electrons. The van der Waals surface area contributed by atoms with Gasteiger partial charge in [0.05, 0.1) is 28.9 Å². The molecule has 0 spiro atoms. The summed E-state index contributed by atoms with van der Waals surface area (Å²) in [5, 5.41) is 28.1. The zero-order chi connectivity index (χ0) is 31.6. The summed E-state index contributed by atoms with van der Waals surface area (Å²) in [4.78, 5) is 16.2. The number of carbonyl (C=O) groups is 1. The first kappa shape index (κ1) is 33.6. The van der Waals surface area contributed by atoms with Crippen LogP contribution in [0.25, 0.3) is 11.3 Å². The van der Waals surface area contributed by atoms with Crippen molar-refractivity contribution in [2.45, 2.75) is 52.3 Å². The molecule has 0 saturated heterocycles. The summed E-state index contributed by atoms with van der Waals surface area (Å²) in [6, 6.07) is 16.1. The lowest BCUT2D eigenvalue weighted by Crippen LogP contribution is -3.00. The number of esters is 1. The van der Waals surface area contributed by atoms with Crippen molar-refractivity contribution in [3.8, 4) is 23.1 Å². The Labute approximate surface area is 274 Å². The van der Waals surface area contributed by atoms with Gasteiger partial charge in [0, 0.05) is 40.5 Å². The molecule has 45 heavy (non-hydrogen) atoms. The number of nitriles is 1. The number of benzene rings is 3. The number of rotatable bonds is 9. The van der Waals surface area contributed by atoms with E-state index in [1.807, 2.05) is 35.9 Å². The second-order valence-corrected chi connectivity index (χ2v) is 11.7. The van der Waals surface area contributed by atoms with E-state index in [1.54, 1.807) is 43.8 Å². The normalized spacial score (nSPS) is 12.9. The molecule has 8 nitrogen and oxygen atoms in total. The second kappa shape index (κ2) is 13.8. The number of thiazole rings is 1. The van der Waals surface area contributed by atoms with E-state index < -0.39 is 23.2 Å². The molecular formula is C33H30BrF2N5O3S. The molecule has 5 aromatic rings. The first-order valence-electron chi connectivity index (χ1n) is 13.8. The summed E-state index contributed by atoms with van der Waals surface area (Å²) >= 11 is 1.32. The van der Waals surface area contributed by atoms with Crippen LogP contribution < -0.4 is 26.3 Å². The molecule has 0 radical (unpaired) electrons. The van der Waals surface area contributed by atoms with Gasteiger partial charge in [0.2, 0.25) is 6.33 Å². The molecule has 0 amide bonds. The van der Waals surface area contributed by atoms with Gasteiger partial charge in [-0.2, -0.15) is 5.26 Å². The minimum absolute atomic E-state index is 0. The van der Waals surface area contributed by atoms with Gasteiger partial charge in [0.25, 0.3) is 6.33 Å². The fraction of sp³-hybridized carbons (Fsp3) is 0.242. The molecule has 0 unspecified atom stereocenters. The quantitative estimate of drug-likeness (QED) is 0.145. The fourth-order valence-corrected chi connectivity index (χ4v) is 6.23. The van der Waals surface area contributed by atoms with Crippen LogP contribution in [0.15, 0.2) is 72.6 Å². The van der Waals surface area contributed by atoms with Crippen LogP contribution >= 0.6 is 11.3 Å². The summed E-state index contributed by atoms with van der Waals surface area (Å²) in [5.74, 6) is -2.19. The van der Waals surface area contributed by atoms with Crippen LogP contribution in [0.3, 0.4) is 0 Å². The van der Waals surface area contributed by atoms with Crippen LogP contribution in [0.4, 0.5) is 8.78 Å². The first-order valence-corrected chi connectivity index (χ1v) is 14.7. The Kier molecular flexibility index (Phi) is 10.3. The van der Waals surface area contributed by atoms with Crippen molar-refractivity contribution < 1.29 is 45.0 Å². The van der Waals surface area contributed by atoms with Gasteiger partial charge in [-0.05, 0) is 60.9 Å². The Bertz CT molecular complexity index is 1860. The Morgan fingerprint density at radius 2 is 1.84 bits per heavy atom. The number of nitrogens with zero attached hydrogens (tertiary/aromatic N) is 5. The van der Waals surface area contributed by atoms with Crippen LogP contribution in [0, 0.1) is 36.8 Å². The standard InChI is InChI=1S/C33H30F2N5O3S.BrH/c1-20-11-25(12-21(2)31(20)43-23(4)41)15-39-18-37-40(19-39)17-33(42,28-10-9-27(34)13-29(28)35)22(3)32-38-30(16-44-32)26-7-5-24(14-36)6-8-26;/h5-13,16,18-19,22,42H,15,17H2,1-4H3;1H/q+1;/p-1/t22-,33+;/m0./s1. The number of aliphatic hydroxyl groups is 1. The lowest BCUT2D eigenvalue weighted by Gasteiger charge is -2.32.